The monoisotopic (exact) mass is 351 g/mol. The van der Waals surface area contributed by atoms with Gasteiger partial charge >= 0.3 is 0 Å². The third kappa shape index (κ3) is 2.93. The summed E-state index contributed by atoms with van der Waals surface area (Å²) >= 11 is 1.49. The Bertz CT molecular complexity index is 949. The van der Waals surface area contributed by atoms with E-state index >= 15 is 0 Å². The largest absolute Gasteiger partial charge is 0.333 e. The second kappa shape index (κ2) is 6.23. The molecular weight excluding hydrogens is 330 g/mol. The van der Waals surface area contributed by atoms with E-state index in [9.17, 15) is 4.79 Å². The third-order valence-electron chi connectivity index (χ3n) is 4.70. The molecule has 0 bridgehead atoms. The van der Waals surface area contributed by atoms with Crippen LogP contribution in [0.25, 0.3) is 11.0 Å². The number of nitrogens with one attached hydrogen (secondary N) is 1. The first kappa shape index (κ1) is 16.2. The Morgan fingerprint density at radius 3 is 2.96 bits per heavy atom. The van der Waals surface area contributed by atoms with Crippen molar-refractivity contribution in [3.8, 4) is 0 Å². The second-order valence-electron chi connectivity index (χ2n) is 6.71. The molecule has 0 radical (unpaired) electrons. The molecule has 1 aliphatic rings. The van der Waals surface area contributed by atoms with Crippen LogP contribution in [0.3, 0.4) is 0 Å². The van der Waals surface area contributed by atoms with Gasteiger partial charge in [0.2, 0.25) is 5.91 Å². The molecule has 0 saturated heterocycles. The van der Waals surface area contributed by atoms with Gasteiger partial charge in [0.25, 0.3) is 0 Å². The second-order valence-corrected chi connectivity index (χ2v) is 8.04. The Hall–Kier alpha value is -2.27. The van der Waals surface area contributed by atoms with E-state index in [0.29, 0.717) is 0 Å². The summed E-state index contributed by atoms with van der Waals surface area (Å²) in [6, 6.07) is 14.5. The number of fused-ring (bicyclic) bond motifs is 2. The SMILES string of the molecule is Cc1ccc2nc(SC(C)C(=O)N3c4ccccc4CC3C)[nH]c2c1. The molecule has 0 spiro atoms. The maximum atomic E-state index is 13.1. The van der Waals surface area contributed by atoms with E-state index in [1.807, 2.05) is 36.1 Å². The van der Waals surface area contributed by atoms with Crippen molar-refractivity contribution in [3.05, 3.63) is 53.6 Å². The predicted molar refractivity (Wildman–Crippen MR) is 103 cm³/mol. The maximum absolute atomic E-state index is 13.1. The fourth-order valence-corrected chi connectivity index (χ4v) is 4.34. The van der Waals surface area contributed by atoms with Crippen LogP contribution in [0.4, 0.5) is 5.69 Å². The molecule has 1 amide bonds. The number of benzene rings is 2. The molecule has 128 valence electrons. The highest BCUT2D eigenvalue weighted by Gasteiger charge is 2.33. The minimum Gasteiger partial charge on any atom is -0.333 e. The van der Waals surface area contributed by atoms with Crippen LogP contribution >= 0.6 is 11.8 Å². The number of carbonyl (C=O) groups is 1. The molecular formula is C20H21N3OS. The van der Waals surface area contributed by atoms with Crippen molar-refractivity contribution < 1.29 is 4.79 Å². The summed E-state index contributed by atoms with van der Waals surface area (Å²) in [7, 11) is 0. The lowest BCUT2D eigenvalue weighted by molar-refractivity contribution is -0.118. The Morgan fingerprint density at radius 2 is 2.12 bits per heavy atom. The number of aromatic nitrogens is 2. The van der Waals surface area contributed by atoms with Gasteiger partial charge in [-0.1, -0.05) is 36.0 Å². The molecule has 2 aromatic carbocycles. The minimum absolute atomic E-state index is 0.138. The number of H-pyrrole nitrogens is 1. The highest BCUT2D eigenvalue weighted by Crippen LogP contribution is 2.34. The first-order valence-corrected chi connectivity index (χ1v) is 9.45. The zero-order valence-electron chi connectivity index (χ0n) is 14.6. The molecule has 0 fully saturated rings. The summed E-state index contributed by atoms with van der Waals surface area (Å²) in [5.41, 5.74) is 5.45. The molecule has 25 heavy (non-hydrogen) atoms. The van der Waals surface area contributed by atoms with Crippen molar-refractivity contribution in [1.29, 1.82) is 0 Å². The van der Waals surface area contributed by atoms with Crippen molar-refractivity contribution in [3.63, 3.8) is 0 Å². The number of nitrogens with zero attached hydrogens (tertiary/aromatic N) is 2. The quantitative estimate of drug-likeness (QED) is 0.715. The number of para-hydroxylation sites is 1. The van der Waals surface area contributed by atoms with Gasteiger partial charge in [-0.05, 0) is 56.5 Å². The lowest BCUT2D eigenvalue weighted by atomic mass is 10.1. The number of imidazole rings is 1. The van der Waals surface area contributed by atoms with E-state index in [0.717, 1.165) is 28.3 Å². The maximum Gasteiger partial charge on any atom is 0.240 e. The normalized spacial score (nSPS) is 17.7. The van der Waals surface area contributed by atoms with Gasteiger partial charge < -0.3 is 9.88 Å². The highest BCUT2D eigenvalue weighted by molar-refractivity contribution is 8.00. The van der Waals surface area contributed by atoms with Crippen LogP contribution in [0.1, 0.15) is 25.0 Å². The fourth-order valence-electron chi connectivity index (χ4n) is 3.47. The molecule has 5 heteroatoms. The van der Waals surface area contributed by atoms with Gasteiger partial charge in [0, 0.05) is 11.7 Å². The van der Waals surface area contributed by atoms with Gasteiger partial charge in [-0.25, -0.2) is 4.98 Å². The number of anilines is 1. The van der Waals surface area contributed by atoms with Crippen molar-refractivity contribution in [2.45, 2.75) is 43.6 Å². The number of hydrogen-bond acceptors (Lipinski definition) is 3. The molecule has 3 aromatic rings. The van der Waals surface area contributed by atoms with Crippen LogP contribution in [-0.4, -0.2) is 27.2 Å². The molecule has 0 saturated carbocycles. The van der Waals surface area contributed by atoms with Crippen molar-refractivity contribution in [1.82, 2.24) is 9.97 Å². The molecule has 4 nitrogen and oxygen atoms in total. The predicted octanol–water partition coefficient (Wildman–Crippen LogP) is 4.33. The number of hydrogen-bond donors (Lipinski definition) is 1. The Kier molecular flexibility index (Phi) is 4.04. The lowest BCUT2D eigenvalue weighted by Gasteiger charge is -2.25. The summed E-state index contributed by atoms with van der Waals surface area (Å²) in [5, 5.41) is 0.594. The zero-order chi connectivity index (χ0) is 17.6. The average Bonchev–Trinajstić information content (AvgIpc) is 3.12. The first-order valence-electron chi connectivity index (χ1n) is 8.57. The molecule has 1 N–H and O–H groups in total. The van der Waals surface area contributed by atoms with Crippen molar-refractivity contribution >= 4 is 34.4 Å². The number of amides is 1. The summed E-state index contributed by atoms with van der Waals surface area (Å²) in [5.74, 6) is 0.138. The fraction of sp³-hybridized carbons (Fsp3) is 0.300. The molecule has 2 unspecified atom stereocenters. The smallest absolute Gasteiger partial charge is 0.240 e. The van der Waals surface area contributed by atoms with Crippen molar-refractivity contribution in [2.24, 2.45) is 0 Å². The van der Waals surface area contributed by atoms with Crippen LogP contribution in [0.5, 0.6) is 0 Å². The van der Waals surface area contributed by atoms with Crippen LogP contribution in [0, 0.1) is 6.92 Å². The van der Waals surface area contributed by atoms with Crippen LogP contribution in [0.15, 0.2) is 47.6 Å². The van der Waals surface area contributed by atoms with E-state index in [2.05, 4.69) is 42.0 Å². The molecule has 1 aromatic heterocycles. The van der Waals surface area contributed by atoms with E-state index in [4.69, 9.17) is 0 Å². The van der Waals surface area contributed by atoms with E-state index < -0.39 is 0 Å². The lowest BCUT2D eigenvalue weighted by Crippen LogP contribution is -2.40. The molecule has 4 rings (SSSR count). The van der Waals surface area contributed by atoms with E-state index in [-0.39, 0.29) is 17.2 Å². The van der Waals surface area contributed by atoms with Gasteiger partial charge in [0.1, 0.15) is 0 Å². The van der Waals surface area contributed by atoms with E-state index in [1.54, 1.807) is 0 Å². The zero-order valence-corrected chi connectivity index (χ0v) is 15.4. The Morgan fingerprint density at radius 1 is 1.32 bits per heavy atom. The number of thioether (sulfide) groups is 1. The number of aryl methyl sites for hydroxylation is 1. The third-order valence-corrected chi connectivity index (χ3v) is 5.67. The Labute approximate surface area is 151 Å². The standard InChI is InChI=1S/C20H21N3OS/c1-12-8-9-16-17(10-12)22-20(21-16)25-14(3)19(24)23-13(2)11-15-6-4-5-7-18(15)23/h4-10,13-14H,11H2,1-3H3,(H,21,22). The van der Waals surface area contributed by atoms with Gasteiger partial charge in [-0.2, -0.15) is 0 Å². The summed E-state index contributed by atoms with van der Waals surface area (Å²) < 4.78 is 0. The first-order chi connectivity index (χ1) is 12.0. The van der Waals surface area contributed by atoms with Crippen molar-refractivity contribution in [2.75, 3.05) is 4.90 Å². The molecule has 2 heterocycles. The van der Waals surface area contributed by atoms with Crippen LogP contribution in [0.2, 0.25) is 0 Å². The van der Waals surface area contributed by atoms with Crippen LogP contribution < -0.4 is 4.90 Å². The van der Waals surface area contributed by atoms with Gasteiger partial charge in [-0.3, -0.25) is 4.79 Å². The number of rotatable bonds is 3. The van der Waals surface area contributed by atoms with Gasteiger partial charge in [0.15, 0.2) is 5.16 Å². The average molecular weight is 351 g/mol. The van der Waals surface area contributed by atoms with Crippen LogP contribution in [-0.2, 0) is 11.2 Å². The minimum atomic E-state index is -0.199. The number of aromatic amines is 1. The molecule has 0 aliphatic carbocycles. The molecule has 1 aliphatic heterocycles. The number of carbonyl (C=O) groups excluding carboxylic acids is 1. The highest BCUT2D eigenvalue weighted by atomic mass is 32.2. The van der Waals surface area contributed by atoms with Gasteiger partial charge in [0.05, 0.1) is 16.3 Å². The Balaban J connectivity index is 1.56. The van der Waals surface area contributed by atoms with Gasteiger partial charge in [-0.15, -0.1) is 0 Å². The molecule has 2 atom stereocenters. The summed E-state index contributed by atoms with van der Waals surface area (Å²) in [4.78, 5) is 22.9. The summed E-state index contributed by atoms with van der Waals surface area (Å²) in [6.45, 7) is 6.13. The van der Waals surface area contributed by atoms with E-state index in [1.165, 1.54) is 22.9 Å². The topological polar surface area (TPSA) is 49.0 Å². The summed E-state index contributed by atoms with van der Waals surface area (Å²) in [6.07, 6.45) is 0.920.